The van der Waals surface area contributed by atoms with Crippen molar-refractivity contribution in [1.82, 2.24) is 54.2 Å². The molecule has 0 atom stereocenters. The fourth-order valence-corrected chi connectivity index (χ4v) is 13.2. The van der Waals surface area contributed by atoms with Gasteiger partial charge in [0.05, 0.1) is 59.3 Å². The minimum atomic E-state index is -0.0265. The van der Waals surface area contributed by atoms with Crippen molar-refractivity contribution in [2.45, 2.75) is 88.4 Å². The molecule has 2 saturated heterocycles. The molecular formula is C63H78N18S. The maximum absolute atomic E-state index is 5.35. The third-order valence-electron chi connectivity index (χ3n) is 17.4. The molecule has 2 aliphatic carbocycles. The summed E-state index contributed by atoms with van der Waals surface area (Å²) in [5, 5.41) is 13.5. The SMILES string of the molecule is CN1CCN(c2ccc(Nc3ncc4cc5n(c4n3)C3(CCCCC3)CN=C5NCc3ccccc3)nc2)CC1.CSC1=NCC2(CCCCC2)n2c1cc1cnc(Nc3ccc(N4CCN(C)CC4)cn3)nc12.NCc1ccccc1. The molecule has 6 aromatic heterocycles. The quantitative estimate of drug-likeness (QED) is 0.107. The van der Waals surface area contributed by atoms with Crippen molar-refractivity contribution in [3.05, 3.63) is 144 Å². The van der Waals surface area contributed by atoms with E-state index in [1.54, 1.807) is 11.8 Å². The van der Waals surface area contributed by atoms with Crippen LogP contribution in [0, 0.1) is 0 Å². The Morgan fingerprint density at radius 1 is 0.524 bits per heavy atom. The average Bonchev–Trinajstić information content (AvgIpc) is 3.25. The number of nitrogens with one attached hydrogen (secondary N) is 3. The number of fused-ring (bicyclic) bond motifs is 8. The number of thioether (sulfide) groups is 1. The van der Waals surface area contributed by atoms with Gasteiger partial charge in [-0.25, -0.2) is 19.9 Å². The Balaban J connectivity index is 0.000000144. The van der Waals surface area contributed by atoms with Crippen LogP contribution in [-0.2, 0) is 24.2 Å². The number of piperazine rings is 2. The highest BCUT2D eigenvalue weighted by Crippen LogP contribution is 2.44. The van der Waals surface area contributed by atoms with E-state index in [-0.39, 0.29) is 11.1 Å². The minimum absolute atomic E-state index is 0.0265. The van der Waals surface area contributed by atoms with E-state index in [2.05, 4.69) is 134 Å². The van der Waals surface area contributed by atoms with Gasteiger partial charge in [-0.3, -0.25) is 9.98 Å². The standard InChI is InChI=1S/C31H37N9.C25H32N8S.C7H9N/c1-38-14-16-39(17-15-38)25-10-11-27(32-21-25)36-30-34-20-24-18-26-28(33-19-23-8-4-2-5-9-23)35-22-31(12-6-3-7-13-31)40(26)29(24)37-30;1-31-10-12-32(13-11-31)19-6-7-21(26-16-19)29-24-27-15-18-14-20-23(34-2)28-17-25(8-4-3-5-9-25)33(20)22(18)30-24;8-6-7-4-2-1-3-5-7/h2,4-5,8-11,18,20-21H,3,6-7,12-17,19,22H2,1H3,(H,33,35)(H,32,34,36,37);6-7,14-16H,3-5,8-13,17H2,1-2H3,(H,26,27,29,30);1-5H,6,8H2. The molecule has 0 amide bonds. The molecule has 18 nitrogen and oxygen atoms in total. The first kappa shape index (κ1) is 55.1. The first-order valence-electron chi connectivity index (χ1n) is 29.5. The molecule has 2 saturated carbocycles. The van der Waals surface area contributed by atoms with Crippen LogP contribution in [0.5, 0.6) is 0 Å². The second-order valence-corrected chi connectivity index (χ2v) is 23.7. The van der Waals surface area contributed by atoms with E-state index in [0.29, 0.717) is 18.4 Å². The number of amidine groups is 1. The number of pyridine rings is 2. The van der Waals surface area contributed by atoms with Crippen LogP contribution in [0.25, 0.3) is 22.1 Å². The number of anilines is 6. The number of aliphatic imine (C=N–C) groups is 2. The third-order valence-corrected chi connectivity index (χ3v) is 18.1. The summed E-state index contributed by atoms with van der Waals surface area (Å²) in [6, 6.07) is 33.2. The van der Waals surface area contributed by atoms with Gasteiger partial charge in [0.15, 0.2) is 0 Å². The summed E-state index contributed by atoms with van der Waals surface area (Å²) < 4.78 is 4.95. The summed E-state index contributed by atoms with van der Waals surface area (Å²) in [5.41, 5.74) is 14.4. The maximum Gasteiger partial charge on any atom is 0.230 e. The van der Waals surface area contributed by atoms with Gasteiger partial charge < -0.3 is 50.4 Å². The Labute approximate surface area is 486 Å². The van der Waals surface area contributed by atoms with Crippen LogP contribution in [0.15, 0.2) is 132 Å². The van der Waals surface area contributed by atoms with Crippen molar-refractivity contribution in [1.29, 1.82) is 0 Å². The second-order valence-electron chi connectivity index (χ2n) is 22.9. The maximum atomic E-state index is 5.35. The van der Waals surface area contributed by atoms with Crippen LogP contribution in [0.2, 0.25) is 0 Å². The van der Waals surface area contributed by atoms with Crippen molar-refractivity contribution in [2.75, 3.05) is 106 Å². The number of likely N-dealkylation sites (N-methyl/N-ethyl adjacent to an activating group) is 2. The molecule has 14 rings (SSSR count). The number of aromatic nitrogens is 8. The highest BCUT2D eigenvalue weighted by molar-refractivity contribution is 8.13. The monoisotopic (exact) mass is 1120 g/mol. The lowest BCUT2D eigenvalue weighted by atomic mass is 9.80. The molecule has 19 heteroatoms. The molecule has 4 fully saturated rings. The van der Waals surface area contributed by atoms with Crippen LogP contribution in [0.3, 0.4) is 0 Å². The molecule has 82 heavy (non-hydrogen) atoms. The topological polar surface area (TPSA) is 187 Å². The van der Waals surface area contributed by atoms with Crippen LogP contribution < -0.4 is 31.5 Å². The molecule has 0 bridgehead atoms. The summed E-state index contributed by atoms with van der Waals surface area (Å²) in [5.74, 6) is 3.62. The lowest BCUT2D eigenvalue weighted by Crippen LogP contribution is -2.46. The lowest BCUT2D eigenvalue weighted by molar-refractivity contribution is 0.203. The van der Waals surface area contributed by atoms with Crippen molar-refractivity contribution >= 4 is 79.6 Å². The number of nitrogens with zero attached hydrogens (tertiary/aromatic N) is 14. The number of nitrogens with two attached hydrogens (primary N) is 1. The van der Waals surface area contributed by atoms with Crippen LogP contribution >= 0.6 is 11.8 Å². The summed E-state index contributed by atoms with van der Waals surface area (Å²) in [7, 11) is 4.35. The lowest BCUT2D eigenvalue weighted by Gasteiger charge is -2.41. The third kappa shape index (κ3) is 12.1. The van der Waals surface area contributed by atoms with E-state index in [0.717, 1.165) is 154 Å². The predicted molar refractivity (Wildman–Crippen MR) is 336 cm³/mol. The van der Waals surface area contributed by atoms with Crippen LogP contribution in [0.1, 0.15) is 86.7 Å². The first-order valence-corrected chi connectivity index (χ1v) is 30.7. The highest BCUT2D eigenvalue weighted by atomic mass is 32.2. The van der Waals surface area contributed by atoms with Crippen LogP contribution in [0.4, 0.5) is 34.9 Å². The first-order chi connectivity index (χ1) is 40.2. The van der Waals surface area contributed by atoms with Gasteiger partial charge in [-0.1, -0.05) is 99.2 Å². The molecule has 5 N–H and O–H groups in total. The molecular weight excluding hydrogens is 1040 g/mol. The fraction of sp³-hybridized carbons (Fsp3) is 0.429. The number of benzene rings is 2. The van der Waals surface area contributed by atoms with Gasteiger partial charge in [0.25, 0.3) is 0 Å². The zero-order valence-electron chi connectivity index (χ0n) is 47.8. The van der Waals surface area contributed by atoms with Crippen molar-refractivity contribution in [3.63, 3.8) is 0 Å². The van der Waals surface area contributed by atoms with E-state index >= 15 is 0 Å². The Kier molecular flexibility index (Phi) is 16.8. The summed E-state index contributed by atoms with van der Waals surface area (Å²) >= 11 is 1.72. The largest absolute Gasteiger partial charge is 0.368 e. The zero-order valence-corrected chi connectivity index (χ0v) is 48.7. The van der Waals surface area contributed by atoms with E-state index in [4.69, 9.17) is 25.7 Å². The molecule has 426 valence electrons. The highest BCUT2D eigenvalue weighted by Gasteiger charge is 2.42. The molecule has 8 aromatic rings. The van der Waals surface area contributed by atoms with Gasteiger partial charge in [0.2, 0.25) is 11.9 Å². The van der Waals surface area contributed by atoms with E-state index in [1.165, 1.54) is 61.0 Å². The predicted octanol–water partition coefficient (Wildman–Crippen LogP) is 9.78. The van der Waals surface area contributed by atoms with Gasteiger partial charge in [-0.05, 0) is 93.6 Å². The number of hydrogen-bond donors (Lipinski definition) is 4. The molecule has 0 unspecified atom stereocenters. The molecule has 2 spiro atoms. The molecule has 2 aromatic carbocycles. The zero-order chi connectivity index (χ0) is 55.9. The van der Waals surface area contributed by atoms with E-state index in [9.17, 15) is 0 Å². The molecule has 0 radical (unpaired) electrons. The van der Waals surface area contributed by atoms with Crippen molar-refractivity contribution in [2.24, 2.45) is 15.7 Å². The Morgan fingerprint density at radius 2 is 1.00 bits per heavy atom. The van der Waals surface area contributed by atoms with E-state index in [1.807, 2.05) is 73.3 Å². The van der Waals surface area contributed by atoms with Gasteiger partial charge in [-0.15, -0.1) is 11.8 Å². The van der Waals surface area contributed by atoms with Gasteiger partial charge >= 0.3 is 0 Å². The average molecular weight is 1120 g/mol. The fourth-order valence-electron chi connectivity index (χ4n) is 12.7. The molecule has 6 aliphatic rings. The Bertz CT molecular complexity index is 3460. The second kappa shape index (κ2) is 25.0. The summed E-state index contributed by atoms with van der Waals surface area (Å²) in [6.07, 6.45) is 22.0. The number of hydrogen-bond acceptors (Lipinski definition) is 17. The summed E-state index contributed by atoms with van der Waals surface area (Å²) in [6.45, 7) is 11.4. The Morgan fingerprint density at radius 3 is 1.46 bits per heavy atom. The van der Waals surface area contributed by atoms with Gasteiger partial charge in [-0.2, -0.15) is 9.97 Å². The van der Waals surface area contributed by atoms with Crippen molar-refractivity contribution < 1.29 is 0 Å². The van der Waals surface area contributed by atoms with E-state index < -0.39 is 0 Å². The van der Waals surface area contributed by atoms with Gasteiger partial charge in [0.1, 0.15) is 33.8 Å². The minimum Gasteiger partial charge on any atom is -0.368 e. The molecule has 10 heterocycles. The Hall–Kier alpha value is -7.45. The smallest absolute Gasteiger partial charge is 0.230 e. The molecule has 4 aliphatic heterocycles. The normalized spacial score (nSPS) is 18.6. The van der Waals surface area contributed by atoms with Gasteiger partial charge in [0, 0.05) is 88.6 Å². The number of rotatable bonds is 9. The van der Waals surface area contributed by atoms with Crippen molar-refractivity contribution in [3.8, 4) is 0 Å². The summed E-state index contributed by atoms with van der Waals surface area (Å²) in [4.78, 5) is 48.3. The van der Waals surface area contributed by atoms with Crippen LogP contribution in [-0.4, -0.2) is 146 Å².